The van der Waals surface area contributed by atoms with E-state index in [-0.39, 0.29) is 0 Å². The van der Waals surface area contributed by atoms with Crippen molar-refractivity contribution in [1.82, 2.24) is 10.2 Å². The summed E-state index contributed by atoms with van der Waals surface area (Å²) in [6.45, 7) is 6.09. The van der Waals surface area contributed by atoms with Gasteiger partial charge in [-0.25, -0.2) is 0 Å². The summed E-state index contributed by atoms with van der Waals surface area (Å²) >= 11 is 0. The number of nitrogens with zero attached hydrogens (tertiary/aromatic N) is 1. The lowest BCUT2D eigenvalue weighted by Gasteiger charge is -2.35. The molecule has 2 aliphatic heterocycles. The largest absolute Gasteiger partial charge is 0.380 e. The fraction of sp³-hybridized carbons (Fsp3) is 1.00. The van der Waals surface area contributed by atoms with Gasteiger partial charge in [0.2, 0.25) is 0 Å². The number of ether oxygens (including phenoxy) is 2. The maximum Gasteiger partial charge on any atom is 0.0698 e. The summed E-state index contributed by atoms with van der Waals surface area (Å²) in [6, 6.07) is 0.509. The smallest absolute Gasteiger partial charge is 0.0698 e. The van der Waals surface area contributed by atoms with Gasteiger partial charge in [-0.2, -0.15) is 0 Å². The van der Waals surface area contributed by atoms with Gasteiger partial charge >= 0.3 is 0 Å². The SMILES string of the molecule is COC1CCCN(CC2COCCN2)C1. The van der Waals surface area contributed by atoms with E-state index >= 15 is 0 Å². The highest BCUT2D eigenvalue weighted by atomic mass is 16.5. The topological polar surface area (TPSA) is 33.7 Å². The Labute approximate surface area is 91.9 Å². The molecule has 2 aliphatic rings. The second-order valence-corrected chi connectivity index (χ2v) is 4.49. The van der Waals surface area contributed by atoms with Gasteiger partial charge in [0.15, 0.2) is 0 Å². The van der Waals surface area contributed by atoms with Crippen LogP contribution in [0.25, 0.3) is 0 Å². The van der Waals surface area contributed by atoms with Gasteiger partial charge < -0.3 is 14.8 Å². The fourth-order valence-corrected chi connectivity index (χ4v) is 2.42. The van der Waals surface area contributed by atoms with E-state index in [1.165, 1.54) is 19.4 Å². The highest BCUT2D eigenvalue weighted by Gasteiger charge is 2.22. The first-order valence-electron chi connectivity index (χ1n) is 5.95. The molecule has 0 aliphatic carbocycles. The number of hydrogen-bond donors (Lipinski definition) is 1. The molecule has 15 heavy (non-hydrogen) atoms. The van der Waals surface area contributed by atoms with Crippen molar-refractivity contribution in [3.63, 3.8) is 0 Å². The van der Waals surface area contributed by atoms with Crippen LogP contribution in [0.15, 0.2) is 0 Å². The van der Waals surface area contributed by atoms with Crippen molar-refractivity contribution in [2.24, 2.45) is 0 Å². The van der Waals surface area contributed by atoms with Gasteiger partial charge in [0, 0.05) is 32.8 Å². The number of likely N-dealkylation sites (tertiary alicyclic amines) is 1. The maximum atomic E-state index is 5.46. The van der Waals surface area contributed by atoms with Crippen LogP contribution in [0.4, 0.5) is 0 Å². The van der Waals surface area contributed by atoms with Crippen molar-refractivity contribution in [2.75, 3.05) is 46.5 Å². The fourth-order valence-electron chi connectivity index (χ4n) is 2.42. The molecule has 2 unspecified atom stereocenters. The van der Waals surface area contributed by atoms with Crippen LogP contribution in [-0.4, -0.2) is 63.5 Å². The molecule has 88 valence electrons. The van der Waals surface area contributed by atoms with E-state index in [0.29, 0.717) is 12.1 Å². The Morgan fingerprint density at radius 3 is 3.20 bits per heavy atom. The first kappa shape index (κ1) is 11.3. The van der Waals surface area contributed by atoms with Gasteiger partial charge in [-0.05, 0) is 19.4 Å². The minimum Gasteiger partial charge on any atom is -0.380 e. The van der Waals surface area contributed by atoms with Crippen LogP contribution >= 0.6 is 0 Å². The average molecular weight is 214 g/mol. The summed E-state index contributed by atoms with van der Waals surface area (Å²) in [4.78, 5) is 2.49. The molecule has 2 fully saturated rings. The van der Waals surface area contributed by atoms with E-state index in [0.717, 1.165) is 32.8 Å². The Balaban J connectivity index is 1.72. The summed E-state index contributed by atoms with van der Waals surface area (Å²) in [5.41, 5.74) is 0. The molecule has 2 saturated heterocycles. The minimum atomic E-state index is 0.434. The van der Waals surface area contributed by atoms with Gasteiger partial charge in [0.05, 0.1) is 19.3 Å². The zero-order valence-electron chi connectivity index (χ0n) is 9.58. The first-order valence-corrected chi connectivity index (χ1v) is 5.95. The molecule has 2 heterocycles. The van der Waals surface area contributed by atoms with Gasteiger partial charge in [-0.3, -0.25) is 4.90 Å². The Morgan fingerprint density at radius 1 is 1.53 bits per heavy atom. The van der Waals surface area contributed by atoms with Gasteiger partial charge in [-0.1, -0.05) is 0 Å². The molecule has 0 amide bonds. The standard InChI is InChI=1S/C11H22N2O2/c1-14-11-3-2-5-13(8-11)7-10-9-15-6-4-12-10/h10-12H,2-9H2,1H3. The van der Waals surface area contributed by atoms with Crippen molar-refractivity contribution >= 4 is 0 Å². The molecular formula is C11H22N2O2. The molecule has 0 aromatic carbocycles. The van der Waals surface area contributed by atoms with Gasteiger partial charge in [0.25, 0.3) is 0 Å². The molecule has 0 aromatic heterocycles. The van der Waals surface area contributed by atoms with Crippen LogP contribution in [0.1, 0.15) is 12.8 Å². The number of hydrogen-bond acceptors (Lipinski definition) is 4. The van der Waals surface area contributed by atoms with Crippen LogP contribution in [0.2, 0.25) is 0 Å². The molecule has 0 saturated carbocycles. The second kappa shape index (κ2) is 5.80. The summed E-state index contributed by atoms with van der Waals surface area (Å²) in [7, 11) is 1.82. The molecule has 0 radical (unpaired) electrons. The Hall–Kier alpha value is -0.160. The van der Waals surface area contributed by atoms with Crippen LogP contribution in [0.3, 0.4) is 0 Å². The van der Waals surface area contributed by atoms with Crippen LogP contribution in [0, 0.1) is 0 Å². The number of piperidine rings is 1. The van der Waals surface area contributed by atoms with Gasteiger partial charge in [0.1, 0.15) is 0 Å². The molecule has 2 atom stereocenters. The Kier molecular flexibility index (Phi) is 4.38. The maximum absolute atomic E-state index is 5.46. The molecule has 4 nitrogen and oxygen atoms in total. The highest BCUT2D eigenvalue weighted by Crippen LogP contribution is 2.13. The first-order chi connectivity index (χ1) is 7.38. The van der Waals surface area contributed by atoms with E-state index in [1.807, 2.05) is 7.11 Å². The predicted octanol–water partition coefficient (Wildman–Crippen LogP) is 0.0856. The van der Waals surface area contributed by atoms with Crippen molar-refractivity contribution in [3.05, 3.63) is 0 Å². The van der Waals surface area contributed by atoms with Crippen molar-refractivity contribution in [1.29, 1.82) is 0 Å². The normalized spacial score (nSPS) is 34.2. The number of nitrogens with one attached hydrogen (secondary N) is 1. The molecular weight excluding hydrogens is 192 g/mol. The summed E-state index contributed by atoms with van der Waals surface area (Å²) < 4.78 is 10.9. The molecule has 4 heteroatoms. The lowest BCUT2D eigenvalue weighted by atomic mass is 10.1. The summed E-state index contributed by atoms with van der Waals surface area (Å²) in [6.07, 6.45) is 2.90. The highest BCUT2D eigenvalue weighted by molar-refractivity contribution is 4.79. The number of morpholine rings is 1. The van der Waals surface area contributed by atoms with Crippen molar-refractivity contribution in [3.8, 4) is 0 Å². The van der Waals surface area contributed by atoms with Crippen LogP contribution in [0.5, 0.6) is 0 Å². The van der Waals surface area contributed by atoms with E-state index < -0.39 is 0 Å². The Bertz CT molecular complexity index is 183. The zero-order chi connectivity index (χ0) is 10.5. The molecule has 0 aromatic rings. The van der Waals surface area contributed by atoms with Crippen LogP contribution in [-0.2, 0) is 9.47 Å². The predicted molar refractivity (Wildman–Crippen MR) is 59.1 cm³/mol. The Morgan fingerprint density at radius 2 is 2.47 bits per heavy atom. The van der Waals surface area contributed by atoms with E-state index in [2.05, 4.69) is 10.2 Å². The second-order valence-electron chi connectivity index (χ2n) is 4.49. The third-order valence-corrected chi connectivity index (χ3v) is 3.27. The third kappa shape index (κ3) is 3.41. The summed E-state index contributed by atoms with van der Waals surface area (Å²) in [5, 5.41) is 3.49. The number of rotatable bonds is 3. The van der Waals surface area contributed by atoms with Crippen LogP contribution < -0.4 is 5.32 Å². The molecule has 2 rings (SSSR count). The van der Waals surface area contributed by atoms with Gasteiger partial charge in [-0.15, -0.1) is 0 Å². The number of methoxy groups -OCH3 is 1. The minimum absolute atomic E-state index is 0.434. The summed E-state index contributed by atoms with van der Waals surface area (Å²) in [5.74, 6) is 0. The van der Waals surface area contributed by atoms with E-state index in [1.54, 1.807) is 0 Å². The van der Waals surface area contributed by atoms with Crippen molar-refractivity contribution < 1.29 is 9.47 Å². The molecule has 0 bridgehead atoms. The zero-order valence-corrected chi connectivity index (χ0v) is 9.58. The monoisotopic (exact) mass is 214 g/mol. The lowest BCUT2D eigenvalue weighted by Crippen LogP contribution is -2.51. The van der Waals surface area contributed by atoms with E-state index in [9.17, 15) is 0 Å². The third-order valence-electron chi connectivity index (χ3n) is 3.27. The molecule has 1 N–H and O–H groups in total. The molecule has 0 spiro atoms. The van der Waals surface area contributed by atoms with Crippen molar-refractivity contribution in [2.45, 2.75) is 25.0 Å². The average Bonchev–Trinajstić information content (AvgIpc) is 2.31. The quantitative estimate of drug-likeness (QED) is 0.722. The van der Waals surface area contributed by atoms with E-state index in [4.69, 9.17) is 9.47 Å². The lowest BCUT2D eigenvalue weighted by molar-refractivity contribution is 0.0134.